The van der Waals surface area contributed by atoms with E-state index in [1.54, 1.807) is 0 Å². The summed E-state index contributed by atoms with van der Waals surface area (Å²) in [7, 11) is 0. The SMILES string of the molecule is Cc1ccc2c(c1)N(CCN)CCC(=O)N2. The molecule has 2 rings (SSSR count). The van der Waals surface area contributed by atoms with Crippen molar-refractivity contribution in [2.24, 2.45) is 5.73 Å². The predicted molar refractivity (Wildman–Crippen MR) is 65.7 cm³/mol. The molecule has 0 saturated heterocycles. The molecular formula is C12H17N3O. The maximum Gasteiger partial charge on any atom is 0.226 e. The number of carbonyl (C=O) groups is 1. The second-order valence-corrected chi connectivity index (χ2v) is 4.09. The topological polar surface area (TPSA) is 58.4 Å². The number of nitrogens with zero attached hydrogens (tertiary/aromatic N) is 1. The Hall–Kier alpha value is -1.55. The van der Waals surface area contributed by atoms with E-state index in [9.17, 15) is 4.79 Å². The highest BCUT2D eigenvalue weighted by atomic mass is 16.1. The first-order valence-electron chi connectivity index (χ1n) is 5.56. The molecule has 1 aromatic rings. The fourth-order valence-corrected chi connectivity index (χ4v) is 1.97. The van der Waals surface area contributed by atoms with Crippen LogP contribution in [0, 0.1) is 6.92 Å². The van der Waals surface area contributed by atoms with E-state index in [1.807, 2.05) is 19.1 Å². The Morgan fingerprint density at radius 3 is 3.06 bits per heavy atom. The molecule has 4 nitrogen and oxygen atoms in total. The highest BCUT2D eigenvalue weighted by Crippen LogP contribution is 2.29. The highest BCUT2D eigenvalue weighted by molar-refractivity contribution is 5.96. The predicted octanol–water partition coefficient (Wildman–Crippen LogP) is 1.10. The summed E-state index contributed by atoms with van der Waals surface area (Å²) in [4.78, 5) is 13.7. The van der Waals surface area contributed by atoms with Crippen LogP contribution < -0.4 is 16.0 Å². The minimum atomic E-state index is 0.0737. The Morgan fingerprint density at radius 2 is 2.31 bits per heavy atom. The number of anilines is 2. The van der Waals surface area contributed by atoms with E-state index in [0.29, 0.717) is 13.0 Å². The van der Waals surface area contributed by atoms with Crippen molar-refractivity contribution in [2.75, 3.05) is 29.9 Å². The van der Waals surface area contributed by atoms with Gasteiger partial charge in [0.1, 0.15) is 0 Å². The summed E-state index contributed by atoms with van der Waals surface area (Å²) in [6, 6.07) is 6.05. The lowest BCUT2D eigenvalue weighted by Gasteiger charge is -2.23. The summed E-state index contributed by atoms with van der Waals surface area (Å²) in [6.07, 6.45) is 0.522. The zero-order valence-electron chi connectivity index (χ0n) is 9.49. The van der Waals surface area contributed by atoms with Gasteiger partial charge in [0.15, 0.2) is 0 Å². The molecule has 4 heteroatoms. The lowest BCUT2D eigenvalue weighted by Crippen LogP contribution is -2.30. The molecule has 1 aromatic carbocycles. The molecule has 86 valence electrons. The molecule has 0 aliphatic carbocycles. The minimum absolute atomic E-state index is 0.0737. The van der Waals surface area contributed by atoms with Crippen LogP contribution in [0.4, 0.5) is 11.4 Å². The molecule has 1 amide bonds. The number of hydrogen-bond acceptors (Lipinski definition) is 3. The largest absolute Gasteiger partial charge is 0.368 e. The molecule has 0 unspecified atom stereocenters. The summed E-state index contributed by atoms with van der Waals surface area (Å²) in [5.41, 5.74) is 8.76. The minimum Gasteiger partial charge on any atom is -0.368 e. The second-order valence-electron chi connectivity index (χ2n) is 4.09. The van der Waals surface area contributed by atoms with Crippen molar-refractivity contribution < 1.29 is 4.79 Å². The molecular weight excluding hydrogens is 202 g/mol. The van der Waals surface area contributed by atoms with Gasteiger partial charge < -0.3 is 16.0 Å². The number of nitrogens with one attached hydrogen (secondary N) is 1. The van der Waals surface area contributed by atoms with Crippen molar-refractivity contribution in [1.29, 1.82) is 0 Å². The maximum absolute atomic E-state index is 11.5. The van der Waals surface area contributed by atoms with Crippen molar-refractivity contribution in [1.82, 2.24) is 0 Å². The molecule has 1 aliphatic heterocycles. The van der Waals surface area contributed by atoms with E-state index >= 15 is 0 Å². The van der Waals surface area contributed by atoms with Crippen molar-refractivity contribution in [3.05, 3.63) is 23.8 Å². The lowest BCUT2D eigenvalue weighted by atomic mass is 10.1. The van der Waals surface area contributed by atoms with E-state index in [1.165, 1.54) is 5.56 Å². The Kier molecular flexibility index (Phi) is 3.10. The highest BCUT2D eigenvalue weighted by Gasteiger charge is 2.18. The van der Waals surface area contributed by atoms with Crippen LogP contribution in [0.25, 0.3) is 0 Å². The van der Waals surface area contributed by atoms with E-state index in [0.717, 1.165) is 24.5 Å². The number of fused-ring (bicyclic) bond motifs is 1. The molecule has 1 heterocycles. The number of hydrogen-bond donors (Lipinski definition) is 2. The number of benzene rings is 1. The maximum atomic E-state index is 11.5. The van der Waals surface area contributed by atoms with Gasteiger partial charge >= 0.3 is 0 Å². The number of rotatable bonds is 2. The second kappa shape index (κ2) is 4.53. The standard InChI is InChI=1S/C12H17N3O/c1-9-2-3-10-11(8-9)15(7-5-13)6-4-12(16)14-10/h2-3,8H,4-7,13H2,1H3,(H,14,16). The molecule has 16 heavy (non-hydrogen) atoms. The van der Waals surface area contributed by atoms with Crippen molar-refractivity contribution >= 4 is 17.3 Å². The average Bonchev–Trinajstić information content (AvgIpc) is 2.40. The number of nitrogens with two attached hydrogens (primary N) is 1. The zero-order chi connectivity index (χ0) is 11.5. The smallest absolute Gasteiger partial charge is 0.226 e. The summed E-state index contributed by atoms with van der Waals surface area (Å²) in [6.45, 7) is 4.17. The number of amides is 1. The van der Waals surface area contributed by atoms with Crippen molar-refractivity contribution in [3.8, 4) is 0 Å². The molecule has 0 fully saturated rings. The Bertz CT molecular complexity index is 403. The number of carbonyl (C=O) groups excluding carboxylic acids is 1. The monoisotopic (exact) mass is 219 g/mol. The van der Waals surface area contributed by atoms with Gasteiger partial charge in [-0.05, 0) is 24.6 Å². The molecule has 0 aromatic heterocycles. The van der Waals surface area contributed by atoms with Crippen LogP contribution in [0.2, 0.25) is 0 Å². The molecule has 1 aliphatic rings. The Balaban J connectivity index is 2.39. The van der Waals surface area contributed by atoms with Gasteiger partial charge in [-0.15, -0.1) is 0 Å². The van der Waals surface area contributed by atoms with Crippen LogP contribution >= 0.6 is 0 Å². The van der Waals surface area contributed by atoms with Crippen LogP contribution in [0.15, 0.2) is 18.2 Å². The molecule has 0 radical (unpaired) electrons. The van der Waals surface area contributed by atoms with Crippen LogP contribution in [-0.4, -0.2) is 25.5 Å². The van der Waals surface area contributed by atoms with Crippen LogP contribution in [0.3, 0.4) is 0 Å². The Labute approximate surface area is 95.4 Å². The van der Waals surface area contributed by atoms with Gasteiger partial charge in [-0.1, -0.05) is 6.07 Å². The zero-order valence-corrected chi connectivity index (χ0v) is 9.49. The molecule has 3 N–H and O–H groups in total. The Morgan fingerprint density at radius 1 is 1.50 bits per heavy atom. The van der Waals surface area contributed by atoms with Crippen molar-refractivity contribution in [3.63, 3.8) is 0 Å². The normalized spacial score (nSPS) is 15.4. The quantitative estimate of drug-likeness (QED) is 0.783. The van der Waals surface area contributed by atoms with Gasteiger partial charge in [0.25, 0.3) is 0 Å². The van der Waals surface area contributed by atoms with Crippen molar-refractivity contribution in [2.45, 2.75) is 13.3 Å². The first-order valence-corrected chi connectivity index (χ1v) is 5.56. The van der Waals surface area contributed by atoms with E-state index < -0.39 is 0 Å². The third kappa shape index (κ3) is 2.17. The van der Waals surface area contributed by atoms with Gasteiger partial charge in [-0.2, -0.15) is 0 Å². The first-order chi connectivity index (χ1) is 7.70. The third-order valence-electron chi connectivity index (χ3n) is 2.78. The van der Waals surface area contributed by atoms with Gasteiger partial charge in [0.05, 0.1) is 11.4 Å². The van der Waals surface area contributed by atoms with Crippen LogP contribution in [0.1, 0.15) is 12.0 Å². The summed E-state index contributed by atoms with van der Waals surface area (Å²) < 4.78 is 0. The molecule has 0 saturated carbocycles. The van der Waals surface area contributed by atoms with Gasteiger partial charge in [-0.25, -0.2) is 0 Å². The van der Waals surface area contributed by atoms with Gasteiger partial charge in [0, 0.05) is 26.1 Å². The van der Waals surface area contributed by atoms with E-state index in [-0.39, 0.29) is 5.91 Å². The summed E-state index contributed by atoms with van der Waals surface area (Å²) in [5.74, 6) is 0.0737. The van der Waals surface area contributed by atoms with Gasteiger partial charge in [0.2, 0.25) is 5.91 Å². The van der Waals surface area contributed by atoms with E-state index in [4.69, 9.17) is 5.73 Å². The number of aryl methyl sites for hydroxylation is 1. The third-order valence-corrected chi connectivity index (χ3v) is 2.78. The van der Waals surface area contributed by atoms with E-state index in [2.05, 4.69) is 16.3 Å². The van der Waals surface area contributed by atoms with Crippen LogP contribution in [-0.2, 0) is 4.79 Å². The first kappa shape index (κ1) is 11.0. The summed E-state index contributed by atoms with van der Waals surface area (Å²) in [5, 5.41) is 2.92. The molecule has 0 atom stereocenters. The van der Waals surface area contributed by atoms with Gasteiger partial charge in [-0.3, -0.25) is 4.79 Å². The fourth-order valence-electron chi connectivity index (χ4n) is 1.97. The molecule has 0 spiro atoms. The fraction of sp³-hybridized carbons (Fsp3) is 0.417. The molecule has 0 bridgehead atoms. The lowest BCUT2D eigenvalue weighted by molar-refractivity contribution is -0.115. The summed E-state index contributed by atoms with van der Waals surface area (Å²) >= 11 is 0. The van der Waals surface area contributed by atoms with Crippen LogP contribution in [0.5, 0.6) is 0 Å². The average molecular weight is 219 g/mol.